The number of urea groups is 1. The molecular weight excluding hydrogens is 275 g/mol. The number of hydrogen-bond acceptors (Lipinski definition) is 2. The smallest absolute Gasteiger partial charge is 0.338 e. The summed E-state index contributed by atoms with van der Waals surface area (Å²) >= 11 is 0. The molecule has 0 saturated carbocycles. The molecule has 1 rings (SSSR count). The number of unbranched alkanes of at least 4 members (excludes halogenated alkanes) is 1. The van der Waals surface area contributed by atoms with Gasteiger partial charge in [0.2, 0.25) is 0 Å². The van der Waals surface area contributed by atoms with Crippen molar-refractivity contribution in [1.29, 1.82) is 0 Å². The van der Waals surface area contributed by atoms with Crippen LogP contribution in [0.1, 0.15) is 43.5 Å². The number of carboxylic acid groups (broad SMARTS) is 1. The van der Waals surface area contributed by atoms with Crippen LogP contribution in [0.15, 0.2) is 18.2 Å². The van der Waals surface area contributed by atoms with Crippen molar-refractivity contribution in [2.45, 2.75) is 33.1 Å². The summed E-state index contributed by atoms with van der Waals surface area (Å²) in [6.45, 7) is 4.85. The van der Waals surface area contributed by atoms with Crippen molar-refractivity contribution in [2.24, 2.45) is 5.92 Å². The molecule has 0 heterocycles. The number of halogens is 1. The average molecular weight is 296 g/mol. The predicted octanol–water partition coefficient (Wildman–Crippen LogP) is 3.47. The molecule has 0 aromatic heterocycles. The van der Waals surface area contributed by atoms with Gasteiger partial charge in [-0.15, -0.1) is 0 Å². The second-order valence-electron chi connectivity index (χ2n) is 5.27. The van der Waals surface area contributed by atoms with Crippen LogP contribution in [-0.2, 0) is 0 Å². The molecule has 6 heteroatoms. The highest BCUT2D eigenvalue weighted by Crippen LogP contribution is 2.14. The lowest BCUT2D eigenvalue weighted by molar-refractivity contribution is 0.0692. The van der Waals surface area contributed by atoms with E-state index in [2.05, 4.69) is 24.5 Å². The Balaban J connectivity index is 2.38. The normalized spacial score (nSPS) is 10.5. The Kier molecular flexibility index (Phi) is 6.65. The Bertz CT molecular complexity index is 504. The molecule has 3 N–H and O–H groups in total. The highest BCUT2D eigenvalue weighted by Gasteiger charge is 2.11. The van der Waals surface area contributed by atoms with Gasteiger partial charge in [0.1, 0.15) is 5.82 Å². The Hall–Kier alpha value is -2.11. The lowest BCUT2D eigenvalue weighted by Gasteiger charge is -2.09. The molecule has 21 heavy (non-hydrogen) atoms. The van der Waals surface area contributed by atoms with Crippen molar-refractivity contribution in [2.75, 3.05) is 11.9 Å². The molecule has 0 saturated heterocycles. The minimum Gasteiger partial charge on any atom is -0.478 e. The van der Waals surface area contributed by atoms with E-state index in [-0.39, 0.29) is 5.69 Å². The Labute approximate surface area is 123 Å². The minimum absolute atomic E-state index is 0.220. The molecule has 0 atom stereocenters. The summed E-state index contributed by atoms with van der Waals surface area (Å²) in [7, 11) is 0. The molecule has 0 radical (unpaired) electrons. The summed E-state index contributed by atoms with van der Waals surface area (Å²) in [6.07, 6.45) is 3.04. The van der Waals surface area contributed by atoms with Crippen LogP contribution in [-0.4, -0.2) is 23.7 Å². The van der Waals surface area contributed by atoms with Gasteiger partial charge >= 0.3 is 12.0 Å². The topological polar surface area (TPSA) is 78.4 Å². The molecular formula is C15H21FN2O3. The van der Waals surface area contributed by atoms with Crippen molar-refractivity contribution in [1.82, 2.24) is 5.32 Å². The van der Waals surface area contributed by atoms with Gasteiger partial charge in [0, 0.05) is 12.2 Å². The predicted molar refractivity (Wildman–Crippen MR) is 79.1 cm³/mol. The first kappa shape index (κ1) is 16.9. The van der Waals surface area contributed by atoms with Crippen LogP contribution < -0.4 is 10.6 Å². The van der Waals surface area contributed by atoms with Gasteiger partial charge in [0.05, 0.1) is 5.56 Å². The number of amides is 2. The lowest BCUT2D eigenvalue weighted by Crippen LogP contribution is -2.29. The third-order valence-corrected chi connectivity index (χ3v) is 2.95. The van der Waals surface area contributed by atoms with Crippen LogP contribution in [0.25, 0.3) is 0 Å². The molecule has 0 spiro atoms. The number of carboxylic acids is 1. The van der Waals surface area contributed by atoms with E-state index >= 15 is 0 Å². The second-order valence-corrected chi connectivity index (χ2v) is 5.27. The fourth-order valence-corrected chi connectivity index (χ4v) is 1.82. The van der Waals surface area contributed by atoms with Gasteiger partial charge < -0.3 is 15.7 Å². The molecule has 2 amide bonds. The van der Waals surface area contributed by atoms with Gasteiger partial charge in [0.25, 0.3) is 0 Å². The number of rotatable bonds is 7. The summed E-state index contributed by atoms with van der Waals surface area (Å²) in [5.41, 5.74) is -0.202. The van der Waals surface area contributed by atoms with Crippen molar-refractivity contribution in [3.8, 4) is 0 Å². The Morgan fingerprint density at radius 1 is 1.29 bits per heavy atom. The number of nitrogens with one attached hydrogen (secondary N) is 2. The number of carbonyl (C=O) groups excluding carboxylic acids is 1. The van der Waals surface area contributed by atoms with E-state index in [1.165, 1.54) is 6.07 Å². The third-order valence-electron chi connectivity index (χ3n) is 2.95. The van der Waals surface area contributed by atoms with Crippen LogP contribution in [0, 0.1) is 11.7 Å². The third kappa shape index (κ3) is 6.25. The van der Waals surface area contributed by atoms with Crippen LogP contribution in [0.5, 0.6) is 0 Å². The summed E-state index contributed by atoms with van der Waals surface area (Å²) in [4.78, 5) is 22.2. The quantitative estimate of drug-likeness (QED) is 0.674. The van der Waals surface area contributed by atoms with Gasteiger partial charge in [-0.25, -0.2) is 14.0 Å². The lowest BCUT2D eigenvalue weighted by atomic mass is 10.1. The first-order chi connectivity index (χ1) is 9.90. The second kappa shape index (κ2) is 8.24. The highest BCUT2D eigenvalue weighted by atomic mass is 19.1. The van der Waals surface area contributed by atoms with Crippen LogP contribution in [0.2, 0.25) is 0 Å². The Morgan fingerprint density at radius 2 is 2.00 bits per heavy atom. The van der Waals surface area contributed by atoms with Crippen molar-refractivity contribution in [3.05, 3.63) is 29.6 Å². The van der Waals surface area contributed by atoms with Gasteiger partial charge in [-0.3, -0.25) is 0 Å². The van der Waals surface area contributed by atoms with Gasteiger partial charge in [-0.1, -0.05) is 26.7 Å². The number of carbonyl (C=O) groups is 2. The Morgan fingerprint density at radius 3 is 2.57 bits per heavy atom. The van der Waals surface area contributed by atoms with Crippen LogP contribution >= 0.6 is 0 Å². The van der Waals surface area contributed by atoms with E-state index in [4.69, 9.17) is 5.11 Å². The first-order valence-electron chi connectivity index (χ1n) is 6.98. The van der Waals surface area contributed by atoms with E-state index < -0.39 is 23.4 Å². The molecule has 116 valence electrons. The van der Waals surface area contributed by atoms with Crippen molar-refractivity contribution in [3.63, 3.8) is 0 Å². The highest BCUT2D eigenvalue weighted by molar-refractivity contribution is 5.91. The number of anilines is 1. The molecule has 1 aromatic rings. The number of hydrogen-bond donors (Lipinski definition) is 3. The molecule has 0 aliphatic carbocycles. The molecule has 0 unspecified atom stereocenters. The van der Waals surface area contributed by atoms with E-state index in [1.807, 2.05) is 0 Å². The summed E-state index contributed by atoms with van der Waals surface area (Å²) in [5.74, 6) is -1.57. The average Bonchev–Trinajstić information content (AvgIpc) is 2.37. The molecule has 5 nitrogen and oxygen atoms in total. The zero-order valence-electron chi connectivity index (χ0n) is 12.3. The fourth-order valence-electron chi connectivity index (χ4n) is 1.82. The SMILES string of the molecule is CC(C)CCCCNC(=O)Nc1ccc(C(=O)O)c(F)c1. The summed E-state index contributed by atoms with van der Waals surface area (Å²) in [5, 5.41) is 13.8. The van der Waals surface area contributed by atoms with Crippen molar-refractivity contribution < 1.29 is 19.1 Å². The monoisotopic (exact) mass is 296 g/mol. The molecule has 0 fully saturated rings. The zero-order chi connectivity index (χ0) is 15.8. The van der Waals surface area contributed by atoms with E-state index in [0.29, 0.717) is 12.5 Å². The van der Waals surface area contributed by atoms with E-state index in [1.54, 1.807) is 0 Å². The molecule has 0 aliphatic rings. The van der Waals surface area contributed by atoms with Gasteiger partial charge in [0.15, 0.2) is 0 Å². The van der Waals surface area contributed by atoms with E-state index in [9.17, 15) is 14.0 Å². The first-order valence-corrected chi connectivity index (χ1v) is 6.98. The molecule has 1 aromatic carbocycles. The fraction of sp³-hybridized carbons (Fsp3) is 0.467. The largest absolute Gasteiger partial charge is 0.478 e. The number of benzene rings is 1. The van der Waals surface area contributed by atoms with Gasteiger partial charge in [-0.2, -0.15) is 0 Å². The van der Waals surface area contributed by atoms with Crippen LogP contribution in [0.4, 0.5) is 14.9 Å². The maximum atomic E-state index is 13.4. The number of aromatic carboxylic acids is 1. The standard InChI is InChI=1S/C15H21FN2O3/c1-10(2)5-3-4-8-17-15(21)18-11-6-7-12(14(19)20)13(16)9-11/h6-7,9-10H,3-5,8H2,1-2H3,(H,19,20)(H2,17,18,21). The van der Waals surface area contributed by atoms with E-state index in [0.717, 1.165) is 31.4 Å². The van der Waals surface area contributed by atoms with Gasteiger partial charge in [-0.05, 0) is 30.5 Å². The van der Waals surface area contributed by atoms with Crippen molar-refractivity contribution >= 4 is 17.7 Å². The minimum atomic E-state index is -1.34. The molecule has 0 bridgehead atoms. The summed E-state index contributed by atoms with van der Waals surface area (Å²) < 4.78 is 13.4. The zero-order valence-corrected chi connectivity index (χ0v) is 12.3. The van der Waals surface area contributed by atoms with Crippen LogP contribution in [0.3, 0.4) is 0 Å². The molecule has 0 aliphatic heterocycles. The maximum Gasteiger partial charge on any atom is 0.338 e. The summed E-state index contributed by atoms with van der Waals surface area (Å²) in [6, 6.07) is 3.03. The maximum absolute atomic E-state index is 13.4.